The molecule has 0 aliphatic carbocycles. The van der Waals surface area contributed by atoms with Crippen LogP contribution in [0.3, 0.4) is 0 Å². The van der Waals surface area contributed by atoms with E-state index < -0.39 is 0 Å². The summed E-state index contributed by atoms with van der Waals surface area (Å²) in [4.78, 5) is 11.2. The van der Waals surface area contributed by atoms with Crippen LogP contribution < -0.4 is 0 Å². The highest BCUT2D eigenvalue weighted by Crippen LogP contribution is 2.20. The summed E-state index contributed by atoms with van der Waals surface area (Å²) in [5.41, 5.74) is 0. The van der Waals surface area contributed by atoms with Crippen molar-refractivity contribution in [2.24, 2.45) is 5.92 Å². The molecule has 1 unspecified atom stereocenters. The molecule has 168 valence electrons. The number of unbranched alkanes of at least 4 members (excludes halogenated alkanes) is 16. The molecule has 0 fully saturated rings. The van der Waals surface area contributed by atoms with Gasteiger partial charge in [-0.1, -0.05) is 129 Å². The normalized spacial score (nSPS) is 12.2. The molecule has 0 rings (SSSR count). The SMILES string of the molecule is CCCCCCCCCCCCC(CCCCCCCCCC)COC(C)=O. The van der Waals surface area contributed by atoms with E-state index in [1.165, 1.54) is 135 Å². The van der Waals surface area contributed by atoms with Crippen LogP contribution in [0.4, 0.5) is 0 Å². The molecule has 2 heteroatoms. The van der Waals surface area contributed by atoms with Crippen molar-refractivity contribution in [3.63, 3.8) is 0 Å². The van der Waals surface area contributed by atoms with Crippen molar-refractivity contribution in [2.45, 2.75) is 149 Å². The Morgan fingerprint density at radius 1 is 0.571 bits per heavy atom. The third kappa shape index (κ3) is 21.8. The molecule has 0 saturated heterocycles. The maximum atomic E-state index is 11.2. The fourth-order valence-corrected chi connectivity index (χ4v) is 4.03. The molecule has 0 aliphatic heterocycles. The fraction of sp³-hybridized carbons (Fsp3) is 0.962. The van der Waals surface area contributed by atoms with Gasteiger partial charge in [-0.05, 0) is 18.8 Å². The molecule has 0 heterocycles. The lowest BCUT2D eigenvalue weighted by atomic mass is 9.94. The van der Waals surface area contributed by atoms with Crippen LogP contribution >= 0.6 is 0 Å². The summed E-state index contributed by atoms with van der Waals surface area (Å²) in [6, 6.07) is 0. The van der Waals surface area contributed by atoms with Crippen molar-refractivity contribution in [3.8, 4) is 0 Å². The Hall–Kier alpha value is -0.530. The minimum absolute atomic E-state index is 0.121. The molecule has 0 aromatic heterocycles. The number of esters is 1. The maximum absolute atomic E-state index is 11.2. The van der Waals surface area contributed by atoms with Gasteiger partial charge in [-0.25, -0.2) is 0 Å². The van der Waals surface area contributed by atoms with E-state index in [9.17, 15) is 4.79 Å². The Morgan fingerprint density at radius 3 is 1.21 bits per heavy atom. The van der Waals surface area contributed by atoms with Crippen molar-refractivity contribution >= 4 is 5.97 Å². The molecule has 0 spiro atoms. The number of ether oxygens (including phenoxy) is 1. The van der Waals surface area contributed by atoms with Crippen LogP contribution in [0.25, 0.3) is 0 Å². The third-order valence-electron chi connectivity index (χ3n) is 5.95. The number of carbonyl (C=O) groups excluding carboxylic acids is 1. The zero-order chi connectivity index (χ0) is 20.7. The van der Waals surface area contributed by atoms with Crippen LogP contribution in [0.1, 0.15) is 149 Å². The van der Waals surface area contributed by atoms with Gasteiger partial charge in [0.2, 0.25) is 0 Å². The highest BCUT2D eigenvalue weighted by molar-refractivity contribution is 5.65. The average Bonchev–Trinajstić information content (AvgIpc) is 2.68. The first-order valence-corrected chi connectivity index (χ1v) is 12.8. The van der Waals surface area contributed by atoms with Gasteiger partial charge in [-0.3, -0.25) is 4.79 Å². The largest absolute Gasteiger partial charge is 0.466 e. The quantitative estimate of drug-likeness (QED) is 0.135. The van der Waals surface area contributed by atoms with Gasteiger partial charge < -0.3 is 4.74 Å². The van der Waals surface area contributed by atoms with Crippen LogP contribution in [0, 0.1) is 5.92 Å². The molecular weight excluding hydrogens is 344 g/mol. The molecule has 0 aliphatic rings. The van der Waals surface area contributed by atoms with Crippen LogP contribution in [0.15, 0.2) is 0 Å². The highest BCUT2D eigenvalue weighted by Gasteiger charge is 2.10. The second kappa shape index (κ2) is 22.8. The Bertz CT molecular complexity index is 314. The Balaban J connectivity index is 3.66. The lowest BCUT2D eigenvalue weighted by Crippen LogP contribution is -2.12. The van der Waals surface area contributed by atoms with Gasteiger partial charge in [-0.2, -0.15) is 0 Å². The van der Waals surface area contributed by atoms with E-state index in [0.29, 0.717) is 12.5 Å². The van der Waals surface area contributed by atoms with Crippen molar-refractivity contribution in [1.82, 2.24) is 0 Å². The standard InChI is InChI=1S/C26H52O2/c1-4-6-8-10-12-14-15-17-19-21-23-26(24-28-25(3)27)22-20-18-16-13-11-9-7-5-2/h26H,4-24H2,1-3H3. The zero-order valence-electron chi connectivity index (χ0n) is 19.7. The average molecular weight is 397 g/mol. The lowest BCUT2D eigenvalue weighted by molar-refractivity contribution is -0.142. The van der Waals surface area contributed by atoms with Crippen LogP contribution in [0.2, 0.25) is 0 Å². The summed E-state index contributed by atoms with van der Waals surface area (Å²) in [7, 11) is 0. The van der Waals surface area contributed by atoms with E-state index >= 15 is 0 Å². The van der Waals surface area contributed by atoms with E-state index in [0.717, 1.165) is 0 Å². The van der Waals surface area contributed by atoms with Crippen LogP contribution in [-0.2, 0) is 9.53 Å². The van der Waals surface area contributed by atoms with Crippen molar-refractivity contribution in [3.05, 3.63) is 0 Å². The summed E-state index contributed by atoms with van der Waals surface area (Å²) >= 11 is 0. The minimum Gasteiger partial charge on any atom is -0.466 e. The second-order valence-electron chi connectivity index (χ2n) is 8.90. The van der Waals surface area contributed by atoms with Gasteiger partial charge in [0.05, 0.1) is 6.61 Å². The van der Waals surface area contributed by atoms with Crippen molar-refractivity contribution < 1.29 is 9.53 Å². The molecule has 0 aromatic rings. The monoisotopic (exact) mass is 396 g/mol. The molecule has 0 N–H and O–H groups in total. The second-order valence-corrected chi connectivity index (χ2v) is 8.90. The topological polar surface area (TPSA) is 26.3 Å². The Kier molecular flexibility index (Phi) is 22.3. The summed E-state index contributed by atoms with van der Waals surface area (Å²) in [6.07, 6.45) is 27.3. The summed E-state index contributed by atoms with van der Waals surface area (Å²) in [5.74, 6) is 0.460. The van der Waals surface area contributed by atoms with Gasteiger partial charge in [0, 0.05) is 6.92 Å². The number of rotatable bonds is 22. The van der Waals surface area contributed by atoms with E-state index in [4.69, 9.17) is 4.74 Å². The molecule has 0 bridgehead atoms. The minimum atomic E-state index is -0.121. The molecule has 0 saturated carbocycles. The van der Waals surface area contributed by atoms with Crippen LogP contribution in [0.5, 0.6) is 0 Å². The maximum Gasteiger partial charge on any atom is 0.302 e. The smallest absolute Gasteiger partial charge is 0.302 e. The molecule has 0 radical (unpaired) electrons. The summed E-state index contributed by atoms with van der Waals surface area (Å²) < 4.78 is 5.33. The van der Waals surface area contributed by atoms with Crippen LogP contribution in [-0.4, -0.2) is 12.6 Å². The molecule has 2 nitrogen and oxygen atoms in total. The Morgan fingerprint density at radius 2 is 0.893 bits per heavy atom. The fourth-order valence-electron chi connectivity index (χ4n) is 4.03. The number of hydrogen-bond acceptors (Lipinski definition) is 2. The first-order valence-electron chi connectivity index (χ1n) is 12.8. The van der Waals surface area contributed by atoms with Gasteiger partial charge >= 0.3 is 5.97 Å². The third-order valence-corrected chi connectivity index (χ3v) is 5.95. The summed E-state index contributed by atoms with van der Waals surface area (Å²) in [5, 5.41) is 0. The predicted octanol–water partition coefficient (Wildman–Crippen LogP) is 9.01. The first kappa shape index (κ1) is 27.5. The lowest BCUT2D eigenvalue weighted by Gasteiger charge is -2.16. The van der Waals surface area contributed by atoms with E-state index in [1.807, 2.05) is 0 Å². The predicted molar refractivity (Wildman–Crippen MR) is 124 cm³/mol. The molecule has 0 amide bonds. The summed E-state index contributed by atoms with van der Waals surface area (Å²) in [6.45, 7) is 6.73. The number of carbonyl (C=O) groups is 1. The molecule has 28 heavy (non-hydrogen) atoms. The molecule has 0 aromatic carbocycles. The van der Waals surface area contributed by atoms with Crippen molar-refractivity contribution in [2.75, 3.05) is 6.61 Å². The number of hydrogen-bond donors (Lipinski definition) is 0. The molecular formula is C26H52O2. The van der Waals surface area contributed by atoms with Gasteiger partial charge in [0.25, 0.3) is 0 Å². The first-order chi connectivity index (χ1) is 13.7. The Labute approximate surface area is 177 Å². The van der Waals surface area contributed by atoms with E-state index in [2.05, 4.69) is 13.8 Å². The highest BCUT2D eigenvalue weighted by atomic mass is 16.5. The van der Waals surface area contributed by atoms with Gasteiger partial charge in [-0.15, -0.1) is 0 Å². The van der Waals surface area contributed by atoms with E-state index in [1.54, 1.807) is 0 Å². The van der Waals surface area contributed by atoms with Crippen molar-refractivity contribution in [1.29, 1.82) is 0 Å². The van der Waals surface area contributed by atoms with E-state index in [-0.39, 0.29) is 5.97 Å². The van der Waals surface area contributed by atoms with Gasteiger partial charge in [0.1, 0.15) is 0 Å². The molecule has 1 atom stereocenters. The van der Waals surface area contributed by atoms with Gasteiger partial charge in [0.15, 0.2) is 0 Å². The zero-order valence-corrected chi connectivity index (χ0v) is 19.7.